The molecule has 0 bridgehead atoms. The summed E-state index contributed by atoms with van der Waals surface area (Å²) in [6.45, 7) is 5.19. The third-order valence-corrected chi connectivity index (χ3v) is 7.03. The number of carbonyl (C=O) groups excluding carboxylic acids is 1. The number of anilines is 1. The number of nitrogens with zero attached hydrogens (tertiary/aromatic N) is 1. The zero-order valence-electron chi connectivity index (χ0n) is 19.2. The van der Waals surface area contributed by atoms with Crippen LogP contribution in [0.3, 0.4) is 0 Å². The Labute approximate surface area is 208 Å². The number of ether oxygens (including phenoxy) is 2. The van der Waals surface area contributed by atoms with Gasteiger partial charge >= 0.3 is 0 Å². The molecule has 1 amide bonds. The third kappa shape index (κ3) is 4.19. The molecule has 2 aliphatic rings. The van der Waals surface area contributed by atoms with Gasteiger partial charge in [0.15, 0.2) is 0 Å². The molecule has 0 aliphatic carbocycles. The van der Waals surface area contributed by atoms with E-state index in [0.29, 0.717) is 13.2 Å². The second-order valence-electron chi connectivity index (χ2n) is 8.45. The van der Waals surface area contributed by atoms with Crippen molar-refractivity contribution in [1.29, 1.82) is 0 Å². The maximum atomic E-state index is 13.7. The first kappa shape index (κ1) is 22.9. The Kier molecular flexibility index (Phi) is 6.59. The summed E-state index contributed by atoms with van der Waals surface area (Å²) in [5.41, 5.74) is 9.77. The normalized spacial score (nSPS) is 23.7. The number of hydrazine groups is 1. The lowest BCUT2D eigenvalue weighted by Gasteiger charge is -2.31. The van der Waals surface area contributed by atoms with Crippen LogP contribution in [0.2, 0.25) is 0 Å². The van der Waals surface area contributed by atoms with E-state index in [1.807, 2.05) is 67.3 Å². The molecule has 0 radical (unpaired) electrons. The van der Waals surface area contributed by atoms with Crippen LogP contribution in [0.5, 0.6) is 11.5 Å². The van der Waals surface area contributed by atoms with E-state index < -0.39 is 0 Å². The van der Waals surface area contributed by atoms with E-state index in [1.165, 1.54) is 0 Å². The first-order chi connectivity index (χ1) is 16.6. The number of benzene rings is 3. The molecule has 34 heavy (non-hydrogen) atoms. The highest BCUT2D eigenvalue weighted by molar-refractivity contribution is 9.10. The van der Waals surface area contributed by atoms with Crippen molar-refractivity contribution in [2.24, 2.45) is 5.92 Å². The summed E-state index contributed by atoms with van der Waals surface area (Å²) in [7, 11) is 0. The largest absolute Gasteiger partial charge is 0.494 e. The summed E-state index contributed by atoms with van der Waals surface area (Å²) in [6.07, 6.45) is 0. The summed E-state index contributed by atoms with van der Waals surface area (Å²) in [6, 6.07) is 23.7. The van der Waals surface area contributed by atoms with Crippen molar-refractivity contribution in [3.63, 3.8) is 0 Å². The van der Waals surface area contributed by atoms with Gasteiger partial charge in [-0.25, -0.2) is 10.9 Å². The number of carbonyl (C=O) groups is 1. The molecule has 0 aromatic heterocycles. The van der Waals surface area contributed by atoms with Gasteiger partial charge in [-0.2, -0.15) is 0 Å². The van der Waals surface area contributed by atoms with E-state index >= 15 is 0 Å². The van der Waals surface area contributed by atoms with Crippen molar-refractivity contribution in [2.75, 3.05) is 18.1 Å². The Hall–Kier alpha value is -2.87. The molecule has 0 saturated carbocycles. The lowest BCUT2D eigenvalue weighted by Crippen LogP contribution is -2.41. The molecular formula is C27H28BrN3O3. The first-order valence-electron chi connectivity index (χ1n) is 11.7. The molecule has 0 spiro atoms. The SMILES string of the molecule is CCOc1ccc(C2NNC3C(=O)N(c4ccc(Br)cc4)C(c4ccc(OCC)cc4)C32)cc1. The molecule has 2 saturated heterocycles. The fourth-order valence-electron chi connectivity index (χ4n) is 5.05. The number of hydrogen-bond acceptors (Lipinski definition) is 5. The highest BCUT2D eigenvalue weighted by atomic mass is 79.9. The van der Waals surface area contributed by atoms with Crippen molar-refractivity contribution in [3.05, 3.63) is 88.4 Å². The van der Waals surface area contributed by atoms with Crippen LogP contribution in [0.25, 0.3) is 0 Å². The number of fused-ring (bicyclic) bond motifs is 1. The minimum atomic E-state index is -0.336. The second-order valence-corrected chi connectivity index (χ2v) is 9.37. The number of nitrogens with one attached hydrogen (secondary N) is 2. The van der Waals surface area contributed by atoms with Gasteiger partial charge in [-0.3, -0.25) is 4.79 Å². The Morgan fingerprint density at radius 3 is 1.85 bits per heavy atom. The molecule has 5 rings (SSSR count). The highest BCUT2D eigenvalue weighted by Gasteiger charge is 2.55. The Morgan fingerprint density at radius 2 is 1.29 bits per heavy atom. The lowest BCUT2D eigenvalue weighted by atomic mass is 9.83. The number of hydrogen-bond donors (Lipinski definition) is 2. The molecule has 2 N–H and O–H groups in total. The predicted molar refractivity (Wildman–Crippen MR) is 136 cm³/mol. The lowest BCUT2D eigenvalue weighted by molar-refractivity contribution is -0.119. The summed E-state index contributed by atoms with van der Waals surface area (Å²) in [5.74, 6) is 1.73. The van der Waals surface area contributed by atoms with Crippen LogP contribution in [0.15, 0.2) is 77.3 Å². The van der Waals surface area contributed by atoms with Crippen LogP contribution in [0.1, 0.15) is 37.1 Å². The van der Waals surface area contributed by atoms with Gasteiger partial charge in [-0.1, -0.05) is 40.2 Å². The van der Waals surface area contributed by atoms with Crippen LogP contribution < -0.4 is 25.2 Å². The zero-order valence-corrected chi connectivity index (χ0v) is 20.8. The van der Waals surface area contributed by atoms with Crippen molar-refractivity contribution in [1.82, 2.24) is 10.9 Å². The summed E-state index contributed by atoms with van der Waals surface area (Å²) >= 11 is 3.51. The molecule has 2 aliphatic heterocycles. The zero-order chi connectivity index (χ0) is 23.7. The van der Waals surface area contributed by atoms with E-state index in [-0.39, 0.29) is 30.0 Å². The van der Waals surface area contributed by atoms with Crippen molar-refractivity contribution >= 4 is 27.5 Å². The fraction of sp³-hybridized carbons (Fsp3) is 0.296. The fourth-order valence-corrected chi connectivity index (χ4v) is 5.31. The average molecular weight is 522 g/mol. The van der Waals surface area contributed by atoms with Crippen LogP contribution in [-0.4, -0.2) is 25.2 Å². The molecule has 2 heterocycles. The molecule has 3 aromatic carbocycles. The van der Waals surface area contributed by atoms with E-state index in [1.54, 1.807) is 0 Å². The number of amides is 1. The van der Waals surface area contributed by atoms with Gasteiger partial charge in [-0.15, -0.1) is 0 Å². The molecule has 2 fully saturated rings. The molecule has 3 aromatic rings. The Bertz CT molecular complexity index is 1140. The van der Waals surface area contributed by atoms with Gasteiger partial charge in [0.1, 0.15) is 17.5 Å². The molecule has 7 heteroatoms. The molecule has 6 nitrogen and oxygen atoms in total. The van der Waals surface area contributed by atoms with Crippen LogP contribution in [-0.2, 0) is 4.79 Å². The highest BCUT2D eigenvalue weighted by Crippen LogP contribution is 2.49. The summed E-state index contributed by atoms with van der Waals surface area (Å²) < 4.78 is 12.3. The van der Waals surface area contributed by atoms with Crippen LogP contribution >= 0.6 is 15.9 Å². The summed E-state index contributed by atoms with van der Waals surface area (Å²) in [5, 5.41) is 0. The predicted octanol–water partition coefficient (Wildman–Crippen LogP) is 5.17. The van der Waals surface area contributed by atoms with Gasteiger partial charge in [-0.05, 0) is 73.5 Å². The minimum absolute atomic E-state index is 0.00738. The maximum Gasteiger partial charge on any atom is 0.246 e. The molecular weight excluding hydrogens is 494 g/mol. The van der Waals surface area contributed by atoms with E-state index in [0.717, 1.165) is 32.8 Å². The van der Waals surface area contributed by atoms with Crippen LogP contribution in [0.4, 0.5) is 5.69 Å². The maximum absolute atomic E-state index is 13.7. The second kappa shape index (κ2) is 9.78. The topological polar surface area (TPSA) is 62.8 Å². The minimum Gasteiger partial charge on any atom is -0.494 e. The van der Waals surface area contributed by atoms with Gasteiger partial charge in [0.25, 0.3) is 0 Å². The van der Waals surface area contributed by atoms with Crippen molar-refractivity contribution in [3.8, 4) is 11.5 Å². The standard InChI is InChI=1S/C27H28BrN3O3/c1-3-33-21-13-5-17(6-14-21)24-23-25(30-29-24)27(32)31(20-11-9-19(28)10-12-20)26(23)18-7-15-22(16-8-18)34-4-2/h5-16,23-26,29-30H,3-4H2,1-2H3. The van der Waals surface area contributed by atoms with Crippen molar-refractivity contribution in [2.45, 2.75) is 32.0 Å². The van der Waals surface area contributed by atoms with E-state index in [4.69, 9.17) is 9.47 Å². The van der Waals surface area contributed by atoms with Gasteiger partial charge in [0.2, 0.25) is 5.91 Å². The average Bonchev–Trinajstić information content (AvgIpc) is 3.40. The Balaban J connectivity index is 1.55. The summed E-state index contributed by atoms with van der Waals surface area (Å²) in [4.78, 5) is 15.6. The first-order valence-corrected chi connectivity index (χ1v) is 12.4. The van der Waals surface area contributed by atoms with E-state index in [2.05, 4.69) is 51.0 Å². The number of rotatable bonds is 7. The number of halogens is 1. The quantitative estimate of drug-likeness (QED) is 0.449. The van der Waals surface area contributed by atoms with Crippen LogP contribution in [0, 0.1) is 5.92 Å². The molecule has 4 atom stereocenters. The monoisotopic (exact) mass is 521 g/mol. The third-order valence-electron chi connectivity index (χ3n) is 6.50. The Morgan fingerprint density at radius 1 is 0.765 bits per heavy atom. The van der Waals surface area contributed by atoms with Gasteiger partial charge < -0.3 is 14.4 Å². The molecule has 4 unspecified atom stereocenters. The van der Waals surface area contributed by atoms with Crippen molar-refractivity contribution < 1.29 is 14.3 Å². The molecule has 176 valence electrons. The van der Waals surface area contributed by atoms with Gasteiger partial charge in [0, 0.05) is 16.1 Å². The van der Waals surface area contributed by atoms with E-state index in [9.17, 15) is 4.79 Å². The van der Waals surface area contributed by atoms with Gasteiger partial charge in [0.05, 0.1) is 25.3 Å². The smallest absolute Gasteiger partial charge is 0.246 e.